The molecule has 6 heteroatoms. The van der Waals surface area contributed by atoms with Gasteiger partial charge in [-0.15, -0.1) is 0 Å². The number of nitrogens with one attached hydrogen (secondary N) is 1. The molecular formula is C23H26N3PS2. The highest BCUT2D eigenvalue weighted by molar-refractivity contribution is 8.56. The molecule has 0 bridgehead atoms. The first-order valence-electron chi connectivity index (χ1n) is 9.86. The van der Waals surface area contributed by atoms with E-state index in [0.29, 0.717) is 0 Å². The summed E-state index contributed by atoms with van der Waals surface area (Å²) in [6.07, 6.45) is 0. The standard InChI is InChI=1S/C23H26N3PS2/c1-20-12-14-23(15-13-20)29-24-16-19-28-27-25(21-8-4-2-5-9-21)17-18-26(27)22-10-6-3-7-11-22/h2-15,24H,16-19H2,1H3. The van der Waals surface area contributed by atoms with E-state index in [1.807, 2.05) is 0 Å². The van der Waals surface area contributed by atoms with E-state index in [2.05, 4.69) is 117 Å². The van der Waals surface area contributed by atoms with Gasteiger partial charge in [-0.1, -0.05) is 65.5 Å². The zero-order chi connectivity index (χ0) is 19.9. The Labute approximate surface area is 183 Å². The predicted octanol–water partition coefficient (Wildman–Crippen LogP) is 6.58. The van der Waals surface area contributed by atoms with Gasteiger partial charge in [0.2, 0.25) is 0 Å². The summed E-state index contributed by atoms with van der Waals surface area (Å²) in [6.45, 7) is 5.25. The third kappa shape index (κ3) is 5.49. The van der Waals surface area contributed by atoms with E-state index in [1.54, 1.807) is 11.9 Å². The largest absolute Gasteiger partial charge is 0.324 e. The van der Waals surface area contributed by atoms with Crippen molar-refractivity contribution in [1.82, 2.24) is 4.72 Å². The van der Waals surface area contributed by atoms with Crippen molar-refractivity contribution in [3.8, 4) is 0 Å². The Bertz CT molecular complexity index is 830. The van der Waals surface area contributed by atoms with Crippen LogP contribution in [0.2, 0.25) is 0 Å². The monoisotopic (exact) mass is 439 g/mol. The molecule has 3 aromatic carbocycles. The van der Waals surface area contributed by atoms with Crippen LogP contribution in [0.4, 0.5) is 11.4 Å². The normalized spacial score (nSPS) is 14.5. The summed E-state index contributed by atoms with van der Waals surface area (Å²) >= 11 is 3.79. The molecule has 0 aliphatic carbocycles. The summed E-state index contributed by atoms with van der Waals surface area (Å²) < 4.78 is 8.69. The quantitative estimate of drug-likeness (QED) is 0.242. The molecule has 0 amide bonds. The molecule has 29 heavy (non-hydrogen) atoms. The molecule has 0 unspecified atom stereocenters. The van der Waals surface area contributed by atoms with Gasteiger partial charge in [-0.25, -0.2) is 0 Å². The van der Waals surface area contributed by atoms with Crippen molar-refractivity contribution in [2.24, 2.45) is 0 Å². The lowest BCUT2D eigenvalue weighted by Gasteiger charge is -2.31. The van der Waals surface area contributed by atoms with Crippen LogP contribution in [-0.2, 0) is 0 Å². The van der Waals surface area contributed by atoms with E-state index in [-0.39, 0.29) is 0 Å². The number of rotatable bonds is 8. The Morgan fingerprint density at radius 2 is 1.34 bits per heavy atom. The number of hydrogen-bond donors (Lipinski definition) is 1. The molecule has 0 spiro atoms. The van der Waals surface area contributed by atoms with E-state index in [4.69, 9.17) is 0 Å². The minimum absolute atomic E-state index is 0.466. The Balaban J connectivity index is 1.37. The second-order valence-corrected chi connectivity index (χ2v) is 11.7. The van der Waals surface area contributed by atoms with Gasteiger partial charge in [-0.05, 0) is 55.3 Å². The van der Waals surface area contributed by atoms with Crippen LogP contribution in [0.3, 0.4) is 0 Å². The Kier molecular flexibility index (Phi) is 7.39. The minimum atomic E-state index is -0.466. The van der Waals surface area contributed by atoms with Crippen molar-refractivity contribution < 1.29 is 0 Å². The first kappa shape index (κ1) is 20.6. The number of benzene rings is 3. The van der Waals surface area contributed by atoms with Crippen molar-refractivity contribution in [1.29, 1.82) is 0 Å². The summed E-state index contributed by atoms with van der Waals surface area (Å²) in [4.78, 5) is 1.27. The predicted molar refractivity (Wildman–Crippen MR) is 132 cm³/mol. The Morgan fingerprint density at radius 1 is 0.793 bits per heavy atom. The summed E-state index contributed by atoms with van der Waals surface area (Å²) in [5.74, 6) is 1.08. The van der Waals surface area contributed by atoms with E-state index in [9.17, 15) is 0 Å². The molecule has 1 aliphatic heterocycles. The highest BCUT2D eigenvalue weighted by Crippen LogP contribution is 2.61. The lowest BCUT2D eigenvalue weighted by molar-refractivity contribution is 1.02. The van der Waals surface area contributed by atoms with Crippen molar-refractivity contribution >= 4 is 42.1 Å². The Hall–Kier alpha value is -1.65. The summed E-state index contributed by atoms with van der Waals surface area (Å²) in [6, 6.07) is 30.3. The fourth-order valence-corrected chi connectivity index (χ4v) is 8.70. The maximum Gasteiger partial charge on any atom is 0.160 e. The van der Waals surface area contributed by atoms with Crippen molar-refractivity contribution in [3.05, 3.63) is 90.5 Å². The number of anilines is 2. The molecule has 150 valence electrons. The molecule has 1 aliphatic rings. The maximum absolute atomic E-state index is 3.52. The van der Waals surface area contributed by atoms with Crippen LogP contribution in [0.15, 0.2) is 89.8 Å². The summed E-state index contributed by atoms with van der Waals surface area (Å²) in [5, 5.41) is 0. The molecule has 0 radical (unpaired) electrons. The number of para-hydroxylation sites is 2. The van der Waals surface area contributed by atoms with Gasteiger partial charge >= 0.3 is 0 Å². The maximum atomic E-state index is 3.52. The van der Waals surface area contributed by atoms with Crippen LogP contribution in [0.25, 0.3) is 0 Å². The molecule has 1 N–H and O–H groups in total. The molecule has 3 nitrogen and oxygen atoms in total. The van der Waals surface area contributed by atoms with E-state index in [1.165, 1.54) is 21.8 Å². The van der Waals surface area contributed by atoms with Crippen LogP contribution in [-0.4, -0.2) is 25.4 Å². The van der Waals surface area contributed by atoms with Crippen LogP contribution < -0.4 is 14.1 Å². The van der Waals surface area contributed by atoms with Crippen LogP contribution in [0.5, 0.6) is 0 Å². The van der Waals surface area contributed by atoms with Gasteiger partial charge < -0.3 is 9.34 Å². The lowest BCUT2D eigenvalue weighted by atomic mass is 10.2. The van der Waals surface area contributed by atoms with E-state index >= 15 is 0 Å². The minimum Gasteiger partial charge on any atom is -0.324 e. The summed E-state index contributed by atoms with van der Waals surface area (Å²) in [7, 11) is -0.466. The first-order chi connectivity index (χ1) is 14.3. The SMILES string of the molecule is Cc1ccc(SNCCSP2N(c3ccccc3)CCN2c2ccccc2)cc1. The third-order valence-electron chi connectivity index (χ3n) is 4.67. The van der Waals surface area contributed by atoms with Crippen LogP contribution >= 0.6 is 30.8 Å². The zero-order valence-corrected chi connectivity index (χ0v) is 19.1. The van der Waals surface area contributed by atoms with Crippen LogP contribution in [0, 0.1) is 6.92 Å². The average Bonchev–Trinajstić information content (AvgIpc) is 3.20. The van der Waals surface area contributed by atoms with Gasteiger partial charge in [0.1, 0.15) is 0 Å². The van der Waals surface area contributed by atoms with Gasteiger partial charge in [-0.3, -0.25) is 4.72 Å². The topological polar surface area (TPSA) is 18.5 Å². The number of nitrogens with zero attached hydrogens (tertiary/aromatic N) is 2. The number of aryl methyl sites for hydroxylation is 1. The van der Waals surface area contributed by atoms with Crippen molar-refractivity contribution in [2.75, 3.05) is 34.7 Å². The van der Waals surface area contributed by atoms with E-state index < -0.39 is 7.42 Å². The molecule has 1 heterocycles. The van der Waals surface area contributed by atoms with Gasteiger partial charge in [0.25, 0.3) is 0 Å². The lowest BCUT2D eigenvalue weighted by Crippen LogP contribution is -2.14. The summed E-state index contributed by atoms with van der Waals surface area (Å²) in [5.41, 5.74) is 3.95. The average molecular weight is 440 g/mol. The van der Waals surface area contributed by atoms with Gasteiger partial charge in [-0.2, -0.15) is 0 Å². The molecule has 3 aromatic rings. The molecule has 0 saturated carbocycles. The van der Waals surface area contributed by atoms with E-state index in [0.717, 1.165) is 25.4 Å². The third-order valence-corrected chi connectivity index (χ3v) is 10.3. The molecule has 0 atom stereocenters. The highest BCUT2D eigenvalue weighted by atomic mass is 32.7. The fourth-order valence-electron chi connectivity index (χ4n) is 3.20. The molecule has 0 aromatic heterocycles. The molecular weight excluding hydrogens is 413 g/mol. The Morgan fingerprint density at radius 3 is 1.90 bits per heavy atom. The fraction of sp³-hybridized carbons (Fsp3) is 0.217. The molecule has 1 fully saturated rings. The van der Waals surface area contributed by atoms with Crippen molar-refractivity contribution in [2.45, 2.75) is 11.8 Å². The second kappa shape index (κ2) is 10.4. The number of hydrogen-bond acceptors (Lipinski definition) is 5. The molecule has 1 saturated heterocycles. The van der Waals surface area contributed by atoms with Crippen LogP contribution in [0.1, 0.15) is 5.56 Å². The van der Waals surface area contributed by atoms with Gasteiger partial charge in [0.05, 0.1) is 0 Å². The van der Waals surface area contributed by atoms with Gasteiger partial charge in [0, 0.05) is 41.7 Å². The molecule has 4 rings (SSSR count). The second-order valence-electron chi connectivity index (χ2n) is 6.81. The van der Waals surface area contributed by atoms with Crippen molar-refractivity contribution in [3.63, 3.8) is 0 Å². The first-order valence-corrected chi connectivity index (χ1v) is 13.5. The van der Waals surface area contributed by atoms with Gasteiger partial charge in [0.15, 0.2) is 7.42 Å². The highest BCUT2D eigenvalue weighted by Gasteiger charge is 2.33. The smallest absolute Gasteiger partial charge is 0.160 e. The zero-order valence-electron chi connectivity index (χ0n) is 16.6.